The molecule has 0 bridgehead atoms. The molecular formula is C13H13BrN2O2S. The maximum atomic E-state index is 11.9. The predicted octanol–water partition coefficient (Wildman–Crippen LogP) is 2.46. The molecule has 0 saturated heterocycles. The highest BCUT2D eigenvalue weighted by molar-refractivity contribution is 9.10. The van der Waals surface area contributed by atoms with Crippen molar-refractivity contribution in [3.05, 3.63) is 64.4 Å². The molecule has 1 N–H and O–H groups in total. The summed E-state index contributed by atoms with van der Waals surface area (Å²) in [7, 11) is -3.34. The maximum Gasteiger partial charge on any atom is 0.216 e. The summed E-state index contributed by atoms with van der Waals surface area (Å²) in [5.74, 6) is -0.0272. The van der Waals surface area contributed by atoms with Gasteiger partial charge in [-0.1, -0.05) is 34.1 Å². The fourth-order valence-corrected chi connectivity index (χ4v) is 2.93. The number of halogens is 1. The van der Waals surface area contributed by atoms with Crippen molar-refractivity contribution in [1.29, 1.82) is 0 Å². The summed E-state index contributed by atoms with van der Waals surface area (Å²) in [6.07, 6.45) is 3.29. The van der Waals surface area contributed by atoms with Crippen LogP contribution in [0.5, 0.6) is 0 Å². The minimum atomic E-state index is -3.34. The van der Waals surface area contributed by atoms with E-state index in [1.165, 1.54) is 0 Å². The zero-order chi connectivity index (χ0) is 13.7. The summed E-state index contributed by atoms with van der Waals surface area (Å²) < 4.78 is 27.3. The molecule has 100 valence electrons. The number of nitrogens with zero attached hydrogens (tertiary/aromatic N) is 1. The first kappa shape index (κ1) is 14.2. The van der Waals surface area contributed by atoms with Crippen LogP contribution in [0.1, 0.15) is 11.1 Å². The molecule has 0 unspecified atom stereocenters. The van der Waals surface area contributed by atoms with Crippen molar-refractivity contribution in [2.24, 2.45) is 0 Å². The lowest BCUT2D eigenvalue weighted by atomic mass is 10.2. The number of rotatable bonds is 5. The summed E-state index contributed by atoms with van der Waals surface area (Å²) in [5, 5.41) is 0. The third-order valence-corrected chi connectivity index (χ3v) is 4.32. The van der Waals surface area contributed by atoms with E-state index in [1.807, 2.05) is 18.2 Å². The van der Waals surface area contributed by atoms with E-state index in [9.17, 15) is 8.42 Å². The van der Waals surface area contributed by atoms with E-state index in [-0.39, 0.29) is 12.3 Å². The largest absolute Gasteiger partial charge is 0.264 e. The zero-order valence-corrected chi connectivity index (χ0v) is 12.5. The first-order valence-corrected chi connectivity index (χ1v) is 8.10. The summed E-state index contributed by atoms with van der Waals surface area (Å²) >= 11 is 3.31. The van der Waals surface area contributed by atoms with Gasteiger partial charge in [0.1, 0.15) is 0 Å². The van der Waals surface area contributed by atoms with E-state index >= 15 is 0 Å². The molecule has 4 nitrogen and oxygen atoms in total. The normalized spacial score (nSPS) is 11.4. The lowest BCUT2D eigenvalue weighted by Gasteiger charge is -2.06. The van der Waals surface area contributed by atoms with Crippen LogP contribution in [0.2, 0.25) is 0 Å². The van der Waals surface area contributed by atoms with Gasteiger partial charge >= 0.3 is 0 Å². The van der Waals surface area contributed by atoms with Gasteiger partial charge in [0.2, 0.25) is 10.0 Å². The van der Waals surface area contributed by atoms with Crippen LogP contribution in [0.15, 0.2) is 53.3 Å². The molecule has 0 aliphatic carbocycles. The first-order chi connectivity index (χ1) is 9.05. The number of hydrogen-bond acceptors (Lipinski definition) is 3. The summed E-state index contributed by atoms with van der Waals surface area (Å²) in [5.41, 5.74) is 1.59. The molecule has 6 heteroatoms. The highest BCUT2D eigenvalue weighted by Gasteiger charge is 2.11. The molecule has 0 amide bonds. The second-order valence-corrected chi connectivity index (χ2v) is 6.79. The second-order valence-electron chi connectivity index (χ2n) is 4.07. The Morgan fingerprint density at radius 2 is 1.84 bits per heavy atom. The topological polar surface area (TPSA) is 59.1 Å². The van der Waals surface area contributed by atoms with E-state index in [2.05, 4.69) is 25.6 Å². The van der Waals surface area contributed by atoms with Gasteiger partial charge in [-0.25, -0.2) is 13.1 Å². The fourth-order valence-electron chi connectivity index (χ4n) is 1.55. The van der Waals surface area contributed by atoms with Crippen molar-refractivity contribution in [2.75, 3.05) is 0 Å². The smallest absolute Gasteiger partial charge is 0.216 e. The average molecular weight is 341 g/mol. The monoisotopic (exact) mass is 340 g/mol. The van der Waals surface area contributed by atoms with Gasteiger partial charge in [0, 0.05) is 23.4 Å². The first-order valence-electron chi connectivity index (χ1n) is 5.66. The van der Waals surface area contributed by atoms with Crippen molar-refractivity contribution >= 4 is 26.0 Å². The van der Waals surface area contributed by atoms with E-state index < -0.39 is 10.0 Å². The van der Waals surface area contributed by atoms with E-state index in [1.54, 1.807) is 30.6 Å². The third kappa shape index (κ3) is 4.74. The van der Waals surface area contributed by atoms with Gasteiger partial charge in [-0.2, -0.15) is 0 Å². The van der Waals surface area contributed by atoms with Crippen LogP contribution < -0.4 is 4.72 Å². The van der Waals surface area contributed by atoms with Crippen molar-refractivity contribution in [3.8, 4) is 0 Å². The number of sulfonamides is 1. The molecule has 0 spiro atoms. The molecule has 0 aliphatic heterocycles. The van der Waals surface area contributed by atoms with Gasteiger partial charge in [0.15, 0.2) is 0 Å². The van der Waals surface area contributed by atoms with Gasteiger partial charge in [-0.05, 0) is 29.3 Å². The Bertz CT molecular complexity index is 627. The number of pyridine rings is 1. The molecule has 0 saturated carbocycles. The molecule has 1 heterocycles. The van der Waals surface area contributed by atoms with Crippen LogP contribution in [-0.2, 0) is 22.3 Å². The lowest BCUT2D eigenvalue weighted by Crippen LogP contribution is -2.24. The second kappa shape index (κ2) is 6.27. The molecule has 2 aromatic rings. The summed E-state index contributed by atoms with van der Waals surface area (Å²) in [6, 6.07) is 10.8. The Balaban J connectivity index is 1.97. The minimum Gasteiger partial charge on any atom is -0.264 e. The van der Waals surface area contributed by atoms with Crippen LogP contribution in [-0.4, -0.2) is 13.4 Å². The van der Waals surface area contributed by atoms with Crippen LogP contribution >= 0.6 is 15.9 Å². The summed E-state index contributed by atoms with van der Waals surface area (Å²) in [4.78, 5) is 3.94. The van der Waals surface area contributed by atoms with Crippen molar-refractivity contribution in [1.82, 2.24) is 9.71 Å². The number of aromatic nitrogens is 1. The van der Waals surface area contributed by atoms with Crippen molar-refractivity contribution in [3.63, 3.8) is 0 Å². The molecular weight excluding hydrogens is 328 g/mol. The van der Waals surface area contributed by atoms with Gasteiger partial charge in [-0.15, -0.1) is 0 Å². The van der Waals surface area contributed by atoms with Gasteiger partial charge < -0.3 is 0 Å². The molecule has 0 atom stereocenters. The van der Waals surface area contributed by atoms with Crippen LogP contribution in [0.4, 0.5) is 0 Å². The molecule has 1 aromatic heterocycles. The molecule has 1 aromatic carbocycles. The molecule has 0 aliphatic rings. The quantitative estimate of drug-likeness (QED) is 0.909. The molecule has 2 rings (SSSR count). The fraction of sp³-hybridized carbons (Fsp3) is 0.154. The standard InChI is InChI=1S/C13H13BrN2O2S/c14-13-5-3-11(4-6-13)10-19(17,18)16-9-12-2-1-7-15-8-12/h1-8,16H,9-10H2. The van der Waals surface area contributed by atoms with E-state index in [0.717, 1.165) is 15.6 Å². The van der Waals surface area contributed by atoms with Crippen molar-refractivity contribution < 1.29 is 8.42 Å². The molecule has 0 radical (unpaired) electrons. The van der Waals surface area contributed by atoms with Gasteiger partial charge in [0.25, 0.3) is 0 Å². The Kier molecular flexibility index (Phi) is 4.68. The highest BCUT2D eigenvalue weighted by atomic mass is 79.9. The Hall–Kier alpha value is -1.24. The van der Waals surface area contributed by atoms with Gasteiger partial charge in [-0.3, -0.25) is 4.98 Å². The zero-order valence-electron chi connectivity index (χ0n) is 10.1. The predicted molar refractivity (Wildman–Crippen MR) is 77.8 cm³/mol. The van der Waals surface area contributed by atoms with Crippen LogP contribution in [0, 0.1) is 0 Å². The molecule has 0 fully saturated rings. The van der Waals surface area contributed by atoms with Crippen LogP contribution in [0.25, 0.3) is 0 Å². The van der Waals surface area contributed by atoms with Crippen LogP contribution in [0.3, 0.4) is 0 Å². The Morgan fingerprint density at radius 1 is 1.11 bits per heavy atom. The average Bonchev–Trinajstić information content (AvgIpc) is 2.40. The SMILES string of the molecule is O=S(=O)(Cc1ccc(Br)cc1)NCc1cccnc1. The van der Waals surface area contributed by atoms with E-state index in [0.29, 0.717) is 0 Å². The Morgan fingerprint density at radius 3 is 2.47 bits per heavy atom. The number of hydrogen-bond donors (Lipinski definition) is 1. The highest BCUT2D eigenvalue weighted by Crippen LogP contribution is 2.12. The molecule has 19 heavy (non-hydrogen) atoms. The lowest BCUT2D eigenvalue weighted by molar-refractivity contribution is 0.580. The minimum absolute atomic E-state index is 0.0272. The van der Waals surface area contributed by atoms with Crippen molar-refractivity contribution in [2.45, 2.75) is 12.3 Å². The van der Waals surface area contributed by atoms with E-state index in [4.69, 9.17) is 0 Å². The number of nitrogens with one attached hydrogen (secondary N) is 1. The maximum absolute atomic E-state index is 11.9. The van der Waals surface area contributed by atoms with Gasteiger partial charge in [0.05, 0.1) is 5.75 Å². The number of benzene rings is 1. The Labute approximate surface area is 121 Å². The third-order valence-electron chi connectivity index (χ3n) is 2.49. The summed E-state index contributed by atoms with van der Waals surface area (Å²) in [6.45, 7) is 0.257.